The van der Waals surface area contributed by atoms with Gasteiger partial charge in [-0.15, -0.1) is 5.10 Å². The second-order valence-corrected chi connectivity index (χ2v) is 5.87. The number of rotatable bonds is 4. The number of aromatic nitrogens is 4. The molecule has 3 aromatic rings. The van der Waals surface area contributed by atoms with Crippen LogP contribution in [-0.4, -0.2) is 30.8 Å². The molecule has 0 fully saturated rings. The highest BCUT2D eigenvalue weighted by atomic mass is 19.4. The van der Waals surface area contributed by atoms with E-state index in [1.54, 1.807) is 0 Å². The van der Waals surface area contributed by atoms with E-state index in [1.807, 2.05) is 0 Å². The molecule has 0 unspecified atom stereocenters. The van der Waals surface area contributed by atoms with E-state index >= 15 is 0 Å². The maximum atomic E-state index is 13.3. The molecule has 0 atom stereocenters. The Bertz CT molecular complexity index is 1070. The summed E-state index contributed by atoms with van der Waals surface area (Å²) in [6.45, 7) is 1.51. The number of hydrogen-bond donors (Lipinski definition) is 1. The zero-order chi connectivity index (χ0) is 20.5. The van der Waals surface area contributed by atoms with Crippen LogP contribution in [0, 0.1) is 12.7 Å². The SMILES string of the molecule is Cc1cc(-c2ncn(C=C(C(=O)O)c3cncc(F)c3)n2)cc(C(F)(F)F)c1. The minimum Gasteiger partial charge on any atom is -0.478 e. The molecule has 0 radical (unpaired) electrons. The zero-order valence-corrected chi connectivity index (χ0v) is 14.3. The molecular weight excluding hydrogens is 380 g/mol. The molecule has 1 aromatic carbocycles. The fraction of sp³-hybridized carbons (Fsp3) is 0.111. The maximum absolute atomic E-state index is 13.3. The summed E-state index contributed by atoms with van der Waals surface area (Å²) in [5, 5.41) is 13.4. The minimum atomic E-state index is -4.52. The van der Waals surface area contributed by atoms with Crippen LogP contribution in [0.2, 0.25) is 0 Å². The van der Waals surface area contributed by atoms with E-state index in [9.17, 15) is 27.5 Å². The van der Waals surface area contributed by atoms with Crippen molar-refractivity contribution in [1.82, 2.24) is 19.7 Å². The van der Waals surface area contributed by atoms with Gasteiger partial charge in [0.15, 0.2) is 5.82 Å². The Morgan fingerprint density at radius 1 is 1.18 bits per heavy atom. The van der Waals surface area contributed by atoms with Gasteiger partial charge in [-0.3, -0.25) is 4.98 Å². The van der Waals surface area contributed by atoms with Crippen molar-refractivity contribution in [1.29, 1.82) is 0 Å². The molecule has 0 bridgehead atoms. The molecule has 0 amide bonds. The summed E-state index contributed by atoms with van der Waals surface area (Å²) in [6.07, 6.45) is -0.232. The fourth-order valence-corrected chi connectivity index (χ4v) is 2.49. The van der Waals surface area contributed by atoms with Crippen LogP contribution in [0.1, 0.15) is 16.7 Å². The first kappa shape index (κ1) is 19.2. The van der Waals surface area contributed by atoms with Crippen LogP contribution in [0.3, 0.4) is 0 Å². The van der Waals surface area contributed by atoms with Gasteiger partial charge in [0.1, 0.15) is 12.1 Å². The molecule has 1 N–H and O–H groups in total. The molecule has 0 aliphatic rings. The molecule has 2 aromatic heterocycles. The Kier molecular flexibility index (Phi) is 4.95. The number of aliphatic carboxylic acids is 1. The van der Waals surface area contributed by atoms with Gasteiger partial charge in [-0.1, -0.05) is 0 Å². The number of carbonyl (C=O) groups is 1. The predicted octanol–water partition coefficient (Wildman–Crippen LogP) is 3.89. The summed E-state index contributed by atoms with van der Waals surface area (Å²) >= 11 is 0. The topological polar surface area (TPSA) is 80.9 Å². The second kappa shape index (κ2) is 7.22. The summed E-state index contributed by atoms with van der Waals surface area (Å²) in [7, 11) is 0. The normalized spacial score (nSPS) is 12.2. The number of pyridine rings is 1. The molecule has 0 aliphatic carbocycles. The van der Waals surface area contributed by atoms with Gasteiger partial charge >= 0.3 is 12.1 Å². The summed E-state index contributed by atoms with van der Waals surface area (Å²) in [5.74, 6) is -2.10. The van der Waals surface area contributed by atoms with Crippen LogP contribution in [0.4, 0.5) is 17.6 Å². The Balaban J connectivity index is 2.01. The lowest BCUT2D eigenvalue weighted by Crippen LogP contribution is -2.05. The molecule has 28 heavy (non-hydrogen) atoms. The maximum Gasteiger partial charge on any atom is 0.416 e. The van der Waals surface area contributed by atoms with E-state index in [0.29, 0.717) is 5.56 Å². The van der Waals surface area contributed by atoms with Gasteiger partial charge in [-0.25, -0.2) is 18.9 Å². The average molecular weight is 392 g/mol. The van der Waals surface area contributed by atoms with Gasteiger partial charge in [0.05, 0.1) is 17.3 Å². The molecule has 2 heterocycles. The van der Waals surface area contributed by atoms with Crippen molar-refractivity contribution in [3.8, 4) is 11.4 Å². The molecule has 0 saturated heterocycles. The first-order chi connectivity index (χ1) is 13.1. The summed E-state index contributed by atoms with van der Waals surface area (Å²) in [5.41, 5.74) is -0.660. The van der Waals surface area contributed by atoms with Crippen LogP contribution < -0.4 is 0 Å². The number of aryl methyl sites for hydroxylation is 1. The minimum absolute atomic E-state index is 0.000497. The molecule has 10 heteroatoms. The van der Waals surface area contributed by atoms with Gasteiger partial charge in [-0.05, 0) is 36.8 Å². The van der Waals surface area contributed by atoms with Crippen LogP contribution in [0.15, 0.2) is 43.0 Å². The van der Waals surface area contributed by atoms with Crippen molar-refractivity contribution in [3.05, 3.63) is 65.5 Å². The second-order valence-electron chi connectivity index (χ2n) is 5.87. The smallest absolute Gasteiger partial charge is 0.416 e. The number of carboxylic acids is 1. The fourth-order valence-electron chi connectivity index (χ4n) is 2.49. The Hall–Kier alpha value is -3.56. The van der Waals surface area contributed by atoms with Crippen molar-refractivity contribution < 1.29 is 27.5 Å². The van der Waals surface area contributed by atoms with Gasteiger partial charge in [-0.2, -0.15) is 13.2 Å². The van der Waals surface area contributed by atoms with E-state index in [4.69, 9.17) is 0 Å². The quantitative estimate of drug-likeness (QED) is 0.538. The highest BCUT2D eigenvalue weighted by Gasteiger charge is 2.31. The number of halogens is 4. The van der Waals surface area contributed by atoms with Crippen molar-refractivity contribution in [2.24, 2.45) is 0 Å². The van der Waals surface area contributed by atoms with Crippen molar-refractivity contribution in [2.45, 2.75) is 13.1 Å². The molecule has 3 rings (SSSR count). The Morgan fingerprint density at radius 2 is 1.93 bits per heavy atom. The molecule has 0 saturated carbocycles. The number of hydrogen-bond acceptors (Lipinski definition) is 4. The van der Waals surface area contributed by atoms with Crippen LogP contribution in [0.25, 0.3) is 23.2 Å². The summed E-state index contributed by atoms with van der Waals surface area (Å²) < 4.78 is 53.3. The number of benzene rings is 1. The first-order valence-corrected chi connectivity index (χ1v) is 7.80. The van der Waals surface area contributed by atoms with Crippen molar-refractivity contribution in [3.63, 3.8) is 0 Å². The average Bonchev–Trinajstić information content (AvgIpc) is 3.07. The lowest BCUT2D eigenvalue weighted by atomic mass is 10.1. The van der Waals surface area contributed by atoms with Gasteiger partial charge in [0, 0.05) is 23.5 Å². The molecule has 0 spiro atoms. The third kappa shape index (κ3) is 4.22. The lowest BCUT2D eigenvalue weighted by Gasteiger charge is -2.09. The predicted molar refractivity (Wildman–Crippen MR) is 91.2 cm³/mol. The van der Waals surface area contributed by atoms with E-state index in [1.165, 1.54) is 13.0 Å². The molecule has 144 valence electrons. The summed E-state index contributed by atoms with van der Waals surface area (Å²) in [4.78, 5) is 19.0. The van der Waals surface area contributed by atoms with Crippen LogP contribution >= 0.6 is 0 Å². The van der Waals surface area contributed by atoms with Crippen molar-refractivity contribution in [2.75, 3.05) is 0 Å². The third-order valence-corrected chi connectivity index (χ3v) is 3.68. The Labute approximate surface area is 155 Å². The zero-order valence-electron chi connectivity index (χ0n) is 14.3. The van der Waals surface area contributed by atoms with E-state index in [-0.39, 0.29) is 22.5 Å². The van der Waals surface area contributed by atoms with Crippen molar-refractivity contribution >= 4 is 17.7 Å². The largest absolute Gasteiger partial charge is 0.478 e. The monoisotopic (exact) mass is 392 g/mol. The Morgan fingerprint density at radius 3 is 2.57 bits per heavy atom. The summed E-state index contributed by atoms with van der Waals surface area (Å²) in [6, 6.07) is 4.37. The molecule has 0 aliphatic heterocycles. The lowest BCUT2D eigenvalue weighted by molar-refractivity contribution is -0.137. The number of carboxylic acid groups (broad SMARTS) is 1. The van der Waals surface area contributed by atoms with E-state index < -0.39 is 23.5 Å². The van der Waals surface area contributed by atoms with Gasteiger partial charge in [0.25, 0.3) is 0 Å². The highest BCUT2D eigenvalue weighted by molar-refractivity contribution is 6.19. The first-order valence-electron chi connectivity index (χ1n) is 7.80. The van der Waals surface area contributed by atoms with Gasteiger partial charge in [0.2, 0.25) is 0 Å². The van der Waals surface area contributed by atoms with E-state index in [2.05, 4.69) is 15.1 Å². The van der Waals surface area contributed by atoms with E-state index in [0.717, 1.165) is 47.8 Å². The van der Waals surface area contributed by atoms with Crippen LogP contribution in [0.5, 0.6) is 0 Å². The number of nitrogens with zero attached hydrogens (tertiary/aromatic N) is 4. The third-order valence-electron chi connectivity index (χ3n) is 3.68. The molecular formula is C18H12F4N4O2. The number of alkyl halides is 3. The van der Waals surface area contributed by atoms with Crippen LogP contribution in [-0.2, 0) is 11.0 Å². The van der Waals surface area contributed by atoms with Gasteiger partial charge < -0.3 is 5.11 Å². The standard InChI is InChI=1S/C18H12F4N4O2/c1-10-2-11(4-13(3-10)18(20,21)22)16-24-9-26(25-16)8-15(17(27)28)12-5-14(19)7-23-6-12/h2-9H,1H3,(H,27,28). The highest BCUT2D eigenvalue weighted by Crippen LogP contribution is 2.32. The molecule has 6 nitrogen and oxygen atoms in total.